The number of nitrogens with zero attached hydrogens (tertiary/aromatic N) is 3. The third-order valence-electron chi connectivity index (χ3n) is 5.33. The molecule has 2 fully saturated rings. The van der Waals surface area contributed by atoms with Gasteiger partial charge in [0.25, 0.3) is 15.9 Å². The zero-order chi connectivity index (χ0) is 23.6. The number of hydrogen-bond acceptors (Lipinski definition) is 10. The van der Waals surface area contributed by atoms with Crippen LogP contribution in [0.5, 0.6) is 0 Å². The minimum absolute atomic E-state index is 0.00244. The molecule has 2 aliphatic heterocycles. The number of hydrogen-bond donors (Lipinski definition) is 1. The van der Waals surface area contributed by atoms with Gasteiger partial charge in [0.05, 0.1) is 11.1 Å². The molecule has 15 heteroatoms. The van der Waals surface area contributed by atoms with Crippen LogP contribution in [-0.2, 0) is 34.4 Å². The van der Waals surface area contributed by atoms with E-state index in [9.17, 15) is 21.6 Å². The molecule has 2 unspecified atom stereocenters. The van der Waals surface area contributed by atoms with E-state index in [1.807, 2.05) is 0 Å². The highest BCUT2D eigenvalue weighted by atomic mass is 32.2. The number of amides is 1. The highest BCUT2D eigenvalue weighted by Crippen LogP contribution is 2.33. The van der Waals surface area contributed by atoms with Crippen molar-refractivity contribution in [3.63, 3.8) is 0 Å². The molecule has 2 aromatic rings. The van der Waals surface area contributed by atoms with Crippen molar-refractivity contribution in [3.8, 4) is 10.6 Å². The Labute approximate surface area is 195 Å². The first kappa shape index (κ1) is 24.3. The predicted octanol–water partition coefficient (Wildman–Crippen LogP) is 0.612. The maximum atomic E-state index is 13.4. The molecule has 2 atom stereocenters. The molecule has 4 heterocycles. The molecule has 1 amide bonds. The van der Waals surface area contributed by atoms with Crippen molar-refractivity contribution in [3.05, 3.63) is 24.5 Å². The smallest absolute Gasteiger partial charge is 0.263 e. The maximum absolute atomic E-state index is 13.4. The van der Waals surface area contributed by atoms with E-state index in [0.29, 0.717) is 23.6 Å². The first-order valence-electron chi connectivity index (χ1n) is 10.2. The fraction of sp³-hybridized carbons (Fsp3) is 0.556. The van der Waals surface area contributed by atoms with Crippen molar-refractivity contribution in [1.82, 2.24) is 19.2 Å². The van der Waals surface area contributed by atoms with E-state index in [-0.39, 0.29) is 23.8 Å². The summed E-state index contributed by atoms with van der Waals surface area (Å²) in [5, 5.41) is 3.80. The molecule has 2 aromatic heterocycles. The lowest BCUT2D eigenvalue weighted by Crippen LogP contribution is -2.61. The molecule has 1 N–H and O–H groups in total. The fourth-order valence-electron chi connectivity index (χ4n) is 3.59. The second kappa shape index (κ2) is 9.77. The van der Waals surface area contributed by atoms with Crippen LogP contribution in [0.15, 0.2) is 33.2 Å². The molecule has 0 radical (unpaired) electrons. The monoisotopic (exact) mass is 520 g/mol. The lowest BCUT2D eigenvalue weighted by molar-refractivity contribution is -0.202. The summed E-state index contributed by atoms with van der Waals surface area (Å²) in [5.41, 5.74) is 2.75. The standard InChI is InChI=1S/C18H24N4O8S3/c1-32(24,25)21-8-9-22(14(12-21)18(23)20-30-16-4-2-3-10-28-16)33(26,27)17-6-5-15(31-17)13-7-11-29-19-13/h5-7,11,14,16H,2-4,8-10,12H2,1H3,(H,20,23). The number of nitrogens with one attached hydrogen (secondary N) is 1. The van der Waals surface area contributed by atoms with E-state index in [4.69, 9.17) is 14.1 Å². The molecule has 4 rings (SSSR count). The minimum Gasteiger partial charge on any atom is -0.364 e. The second-order valence-electron chi connectivity index (χ2n) is 7.64. The molecule has 0 spiro atoms. The van der Waals surface area contributed by atoms with Crippen LogP contribution >= 0.6 is 11.3 Å². The van der Waals surface area contributed by atoms with Crippen molar-refractivity contribution in [1.29, 1.82) is 0 Å². The average molecular weight is 521 g/mol. The van der Waals surface area contributed by atoms with Gasteiger partial charge in [0.2, 0.25) is 10.0 Å². The fourth-order valence-corrected chi connectivity index (χ4v) is 7.38. The number of hydroxylamine groups is 1. The normalized spacial score (nSPS) is 23.4. The van der Waals surface area contributed by atoms with Crippen LogP contribution in [0.1, 0.15) is 19.3 Å². The number of piperazine rings is 1. The maximum Gasteiger partial charge on any atom is 0.263 e. The number of aromatic nitrogens is 1. The van der Waals surface area contributed by atoms with Crippen LogP contribution in [0.3, 0.4) is 0 Å². The number of ether oxygens (including phenoxy) is 1. The van der Waals surface area contributed by atoms with Crippen LogP contribution in [0.25, 0.3) is 10.6 Å². The Morgan fingerprint density at radius 1 is 1.21 bits per heavy atom. The van der Waals surface area contributed by atoms with Gasteiger partial charge in [-0.1, -0.05) is 5.16 Å². The summed E-state index contributed by atoms with van der Waals surface area (Å²) in [6.07, 6.45) is 4.11. The van der Waals surface area contributed by atoms with E-state index in [1.165, 1.54) is 12.3 Å². The van der Waals surface area contributed by atoms with Crippen LogP contribution in [-0.4, -0.2) is 81.3 Å². The summed E-state index contributed by atoms with van der Waals surface area (Å²) in [7, 11) is -7.75. The first-order chi connectivity index (χ1) is 15.7. The number of sulfonamides is 2. The van der Waals surface area contributed by atoms with Gasteiger partial charge in [0, 0.05) is 38.7 Å². The molecule has 2 aliphatic rings. The minimum atomic E-state index is -4.11. The Morgan fingerprint density at radius 2 is 2.03 bits per heavy atom. The number of thiophene rings is 1. The molecule has 0 bridgehead atoms. The highest BCUT2D eigenvalue weighted by molar-refractivity contribution is 7.91. The Balaban J connectivity index is 1.56. The van der Waals surface area contributed by atoms with Gasteiger partial charge in [-0.2, -0.15) is 8.61 Å². The van der Waals surface area contributed by atoms with Gasteiger partial charge >= 0.3 is 0 Å². The third kappa shape index (κ3) is 5.45. The van der Waals surface area contributed by atoms with Crippen molar-refractivity contribution >= 4 is 37.3 Å². The number of rotatable bonds is 7. The van der Waals surface area contributed by atoms with Gasteiger partial charge in [-0.15, -0.1) is 11.3 Å². The molecular formula is C18H24N4O8S3. The molecule has 2 saturated heterocycles. The predicted molar refractivity (Wildman–Crippen MR) is 117 cm³/mol. The average Bonchev–Trinajstić information content (AvgIpc) is 3.49. The van der Waals surface area contributed by atoms with Gasteiger partial charge in [0.15, 0.2) is 6.29 Å². The van der Waals surface area contributed by atoms with E-state index in [1.54, 1.807) is 12.1 Å². The Bertz CT molecular complexity index is 1170. The Kier molecular flexibility index (Phi) is 7.18. The van der Waals surface area contributed by atoms with Crippen LogP contribution in [0.4, 0.5) is 0 Å². The molecule has 0 aliphatic carbocycles. The van der Waals surface area contributed by atoms with Gasteiger partial charge in [-0.25, -0.2) is 27.2 Å². The Morgan fingerprint density at radius 3 is 2.70 bits per heavy atom. The number of carbonyl (C=O) groups is 1. The van der Waals surface area contributed by atoms with Gasteiger partial charge in [0.1, 0.15) is 22.2 Å². The van der Waals surface area contributed by atoms with E-state index < -0.39 is 38.3 Å². The molecule has 182 valence electrons. The SMILES string of the molecule is CS(=O)(=O)N1CCN(S(=O)(=O)c2ccc(-c3ccon3)s2)C(C(=O)NOC2CCCCO2)C1. The number of carbonyl (C=O) groups excluding carboxylic acids is 1. The summed E-state index contributed by atoms with van der Waals surface area (Å²) in [5.74, 6) is -0.769. The molecule has 12 nitrogen and oxygen atoms in total. The van der Waals surface area contributed by atoms with Crippen molar-refractivity contribution in [2.45, 2.75) is 35.8 Å². The lowest BCUT2D eigenvalue weighted by Gasteiger charge is -2.38. The van der Waals surface area contributed by atoms with Crippen molar-refractivity contribution < 1.29 is 35.7 Å². The zero-order valence-corrected chi connectivity index (χ0v) is 20.2. The van der Waals surface area contributed by atoms with Crippen LogP contribution in [0, 0.1) is 0 Å². The largest absolute Gasteiger partial charge is 0.364 e. The van der Waals surface area contributed by atoms with E-state index in [0.717, 1.165) is 39.0 Å². The molecular weight excluding hydrogens is 496 g/mol. The first-order valence-corrected chi connectivity index (χ1v) is 14.3. The topological polar surface area (TPSA) is 148 Å². The summed E-state index contributed by atoms with van der Waals surface area (Å²) in [6, 6.07) is 3.31. The van der Waals surface area contributed by atoms with Gasteiger partial charge in [-0.05, 0) is 25.0 Å². The summed E-state index contributed by atoms with van der Waals surface area (Å²) in [4.78, 5) is 18.8. The van der Waals surface area contributed by atoms with E-state index >= 15 is 0 Å². The molecule has 33 heavy (non-hydrogen) atoms. The van der Waals surface area contributed by atoms with Crippen LogP contribution in [0.2, 0.25) is 0 Å². The summed E-state index contributed by atoms with van der Waals surface area (Å²) >= 11 is 0.980. The third-order valence-corrected chi connectivity index (χ3v) is 10.1. The Hall–Kier alpha value is -1.88. The van der Waals surface area contributed by atoms with E-state index in [2.05, 4.69) is 10.6 Å². The molecule has 0 saturated carbocycles. The lowest BCUT2D eigenvalue weighted by atomic mass is 10.2. The van der Waals surface area contributed by atoms with Crippen molar-refractivity contribution in [2.24, 2.45) is 0 Å². The second-order valence-corrected chi connectivity index (χ2v) is 12.8. The quantitative estimate of drug-likeness (QED) is 0.518. The highest BCUT2D eigenvalue weighted by Gasteiger charge is 2.43. The van der Waals surface area contributed by atoms with Crippen LogP contribution < -0.4 is 5.48 Å². The van der Waals surface area contributed by atoms with Gasteiger partial charge in [-0.3, -0.25) is 4.79 Å². The van der Waals surface area contributed by atoms with Crippen molar-refractivity contribution in [2.75, 3.05) is 32.5 Å². The molecule has 0 aromatic carbocycles. The zero-order valence-electron chi connectivity index (χ0n) is 17.7. The summed E-state index contributed by atoms with van der Waals surface area (Å²) in [6.45, 7) is -0.0978. The summed E-state index contributed by atoms with van der Waals surface area (Å²) < 4.78 is 63.3. The van der Waals surface area contributed by atoms with Gasteiger partial charge < -0.3 is 9.26 Å².